The van der Waals surface area contributed by atoms with E-state index in [1.165, 1.54) is 6.07 Å². The van der Waals surface area contributed by atoms with Crippen LogP contribution in [-0.4, -0.2) is 39.5 Å². The van der Waals surface area contributed by atoms with Crippen LogP contribution in [0.3, 0.4) is 0 Å². The molecule has 23 heavy (non-hydrogen) atoms. The van der Waals surface area contributed by atoms with Gasteiger partial charge in [0.1, 0.15) is 0 Å². The third kappa shape index (κ3) is 5.92. The van der Waals surface area contributed by atoms with Crippen molar-refractivity contribution in [1.29, 1.82) is 0 Å². The average molecular weight is 405 g/mol. The molecule has 0 bridgehead atoms. The molecule has 2 N–H and O–H groups in total. The quantitative estimate of drug-likeness (QED) is 0.627. The summed E-state index contributed by atoms with van der Waals surface area (Å²) in [5.41, 5.74) is 0. The topological polar surface area (TPSA) is 102 Å². The lowest BCUT2D eigenvalue weighted by Crippen LogP contribution is -2.31. The second-order valence-corrected chi connectivity index (χ2v) is 7.67. The lowest BCUT2D eigenvalue weighted by atomic mass is 10.4. The van der Waals surface area contributed by atoms with Crippen LogP contribution in [0.1, 0.15) is 19.3 Å². The Morgan fingerprint density at radius 2 is 1.96 bits per heavy atom. The van der Waals surface area contributed by atoms with Gasteiger partial charge in [0.15, 0.2) is 6.61 Å². The van der Waals surface area contributed by atoms with Crippen LogP contribution in [0.15, 0.2) is 33.6 Å². The first-order valence-electron chi connectivity index (χ1n) is 7.07. The third-order valence-electron chi connectivity index (χ3n) is 3.05. The van der Waals surface area contributed by atoms with E-state index in [4.69, 9.17) is 4.74 Å². The molecule has 1 saturated carbocycles. The number of sulfonamides is 1. The second-order valence-electron chi connectivity index (χ2n) is 5.08. The van der Waals surface area contributed by atoms with Gasteiger partial charge in [-0.1, -0.05) is 12.1 Å². The molecular formula is C14H17BrN2O5S. The number of carbonyl (C=O) groups excluding carboxylic acids is 2. The summed E-state index contributed by atoms with van der Waals surface area (Å²) in [5, 5.41) is 2.68. The molecule has 126 valence electrons. The van der Waals surface area contributed by atoms with Crippen molar-refractivity contribution >= 4 is 37.8 Å². The van der Waals surface area contributed by atoms with Gasteiger partial charge in [-0.3, -0.25) is 9.59 Å². The highest BCUT2D eigenvalue weighted by atomic mass is 79.9. The van der Waals surface area contributed by atoms with Crippen molar-refractivity contribution in [3.05, 3.63) is 28.7 Å². The first-order chi connectivity index (χ1) is 10.9. The molecule has 1 aromatic carbocycles. The Morgan fingerprint density at radius 1 is 1.26 bits per heavy atom. The number of hydrogen-bond acceptors (Lipinski definition) is 5. The van der Waals surface area contributed by atoms with E-state index < -0.39 is 16.0 Å². The van der Waals surface area contributed by atoms with Crippen molar-refractivity contribution in [2.45, 2.75) is 30.2 Å². The maximum absolute atomic E-state index is 12.1. The van der Waals surface area contributed by atoms with Gasteiger partial charge in [-0.25, -0.2) is 13.1 Å². The van der Waals surface area contributed by atoms with E-state index in [1.807, 2.05) is 0 Å². The zero-order valence-electron chi connectivity index (χ0n) is 12.2. The fraction of sp³-hybridized carbons (Fsp3) is 0.429. The number of halogens is 1. The summed E-state index contributed by atoms with van der Waals surface area (Å²) in [6.45, 7) is -0.445. The first-order valence-corrected chi connectivity index (χ1v) is 9.35. The number of esters is 1. The van der Waals surface area contributed by atoms with Crippen molar-refractivity contribution in [3.63, 3.8) is 0 Å². The smallest absolute Gasteiger partial charge is 0.307 e. The SMILES string of the molecule is O=C(COC(=O)CCNS(=O)(=O)c1ccccc1Br)NC1CC1. The Bertz CT molecular complexity index is 688. The molecule has 1 amide bonds. The molecule has 7 nitrogen and oxygen atoms in total. The van der Waals surface area contributed by atoms with E-state index in [0.717, 1.165) is 12.8 Å². The molecule has 0 aliphatic heterocycles. The predicted molar refractivity (Wildman–Crippen MR) is 86.1 cm³/mol. The van der Waals surface area contributed by atoms with E-state index in [1.54, 1.807) is 18.2 Å². The van der Waals surface area contributed by atoms with Crippen molar-refractivity contribution in [2.24, 2.45) is 0 Å². The fourth-order valence-electron chi connectivity index (χ4n) is 1.74. The van der Waals surface area contributed by atoms with Gasteiger partial charge in [0, 0.05) is 17.1 Å². The summed E-state index contributed by atoms with van der Waals surface area (Å²) in [4.78, 5) is 22.9. The first kappa shape index (κ1) is 17.9. The van der Waals surface area contributed by atoms with E-state index in [0.29, 0.717) is 4.47 Å². The fourth-order valence-corrected chi connectivity index (χ4v) is 3.78. The summed E-state index contributed by atoms with van der Waals surface area (Å²) >= 11 is 3.16. The van der Waals surface area contributed by atoms with Crippen LogP contribution in [-0.2, 0) is 24.3 Å². The van der Waals surface area contributed by atoms with Crippen molar-refractivity contribution < 1.29 is 22.7 Å². The highest BCUT2D eigenvalue weighted by Gasteiger charge is 2.23. The monoisotopic (exact) mass is 404 g/mol. The van der Waals surface area contributed by atoms with Gasteiger partial charge < -0.3 is 10.1 Å². The van der Waals surface area contributed by atoms with E-state index >= 15 is 0 Å². The standard InChI is InChI=1S/C14H17BrN2O5S/c15-11-3-1-2-4-12(11)23(20,21)16-8-7-14(19)22-9-13(18)17-10-5-6-10/h1-4,10,16H,5-9H2,(H,17,18). The third-order valence-corrected chi connectivity index (χ3v) is 5.53. The minimum absolute atomic E-state index is 0.0946. The molecule has 0 unspecified atom stereocenters. The molecule has 0 saturated heterocycles. The van der Waals surface area contributed by atoms with Gasteiger partial charge in [-0.2, -0.15) is 0 Å². The van der Waals surface area contributed by atoms with Crippen LogP contribution >= 0.6 is 15.9 Å². The molecule has 1 aliphatic carbocycles. The number of benzene rings is 1. The Labute approximate surface area is 143 Å². The Hall–Kier alpha value is -1.45. The van der Waals surface area contributed by atoms with Crippen molar-refractivity contribution in [3.8, 4) is 0 Å². The van der Waals surface area contributed by atoms with E-state index in [2.05, 4.69) is 26.0 Å². The lowest BCUT2D eigenvalue weighted by molar-refractivity contribution is -0.148. The summed E-state index contributed by atoms with van der Waals surface area (Å²) in [6, 6.07) is 6.57. The normalized spacial score (nSPS) is 14.3. The van der Waals surface area contributed by atoms with Gasteiger partial charge in [-0.05, 0) is 40.9 Å². The molecule has 2 rings (SSSR count). The molecule has 0 radical (unpaired) electrons. The largest absolute Gasteiger partial charge is 0.456 e. The molecular weight excluding hydrogens is 388 g/mol. The molecule has 0 aromatic heterocycles. The van der Waals surface area contributed by atoms with Gasteiger partial charge >= 0.3 is 5.97 Å². The van der Waals surface area contributed by atoms with Crippen LogP contribution < -0.4 is 10.0 Å². The number of carbonyl (C=O) groups is 2. The van der Waals surface area contributed by atoms with Crippen LogP contribution in [0.4, 0.5) is 0 Å². The Kier molecular flexibility index (Phi) is 6.14. The summed E-state index contributed by atoms with van der Waals surface area (Å²) < 4.78 is 31.7. The van der Waals surface area contributed by atoms with E-state index in [9.17, 15) is 18.0 Å². The molecule has 1 fully saturated rings. The molecule has 0 spiro atoms. The molecule has 0 atom stereocenters. The van der Waals surface area contributed by atoms with Crippen LogP contribution in [0.25, 0.3) is 0 Å². The second kappa shape index (κ2) is 7.89. The van der Waals surface area contributed by atoms with Gasteiger partial charge in [0.2, 0.25) is 10.0 Å². The minimum atomic E-state index is -3.71. The summed E-state index contributed by atoms with van der Waals surface area (Å²) in [7, 11) is -3.71. The van der Waals surface area contributed by atoms with Gasteiger partial charge in [0.05, 0.1) is 11.3 Å². The highest BCUT2D eigenvalue weighted by molar-refractivity contribution is 9.10. The Morgan fingerprint density at radius 3 is 2.61 bits per heavy atom. The van der Waals surface area contributed by atoms with Gasteiger partial charge in [-0.15, -0.1) is 0 Å². The van der Waals surface area contributed by atoms with Gasteiger partial charge in [0.25, 0.3) is 5.91 Å². The van der Waals surface area contributed by atoms with Crippen LogP contribution in [0.2, 0.25) is 0 Å². The number of nitrogens with one attached hydrogen (secondary N) is 2. The van der Waals surface area contributed by atoms with Crippen molar-refractivity contribution in [2.75, 3.05) is 13.2 Å². The maximum atomic E-state index is 12.1. The molecule has 0 heterocycles. The highest BCUT2D eigenvalue weighted by Crippen LogP contribution is 2.20. The average Bonchev–Trinajstić information content (AvgIpc) is 3.29. The number of amides is 1. The zero-order valence-corrected chi connectivity index (χ0v) is 14.7. The molecule has 1 aromatic rings. The minimum Gasteiger partial charge on any atom is -0.456 e. The molecule has 9 heteroatoms. The number of ether oxygens (including phenoxy) is 1. The predicted octanol–water partition coefficient (Wildman–Crippen LogP) is 0.939. The van der Waals surface area contributed by atoms with Crippen LogP contribution in [0, 0.1) is 0 Å². The van der Waals surface area contributed by atoms with E-state index in [-0.39, 0.29) is 36.4 Å². The maximum Gasteiger partial charge on any atom is 0.307 e. The lowest BCUT2D eigenvalue weighted by Gasteiger charge is -2.08. The zero-order chi connectivity index (χ0) is 16.9. The molecule has 1 aliphatic rings. The summed E-state index contributed by atoms with van der Waals surface area (Å²) in [6.07, 6.45) is 1.76. The van der Waals surface area contributed by atoms with Crippen molar-refractivity contribution in [1.82, 2.24) is 10.0 Å². The Balaban J connectivity index is 1.72. The summed E-state index contributed by atoms with van der Waals surface area (Å²) in [5.74, 6) is -0.972. The number of rotatable bonds is 8. The number of hydrogen-bond donors (Lipinski definition) is 2. The van der Waals surface area contributed by atoms with Crippen LogP contribution in [0.5, 0.6) is 0 Å².